The zero-order valence-electron chi connectivity index (χ0n) is 18.3. The third-order valence-corrected chi connectivity index (χ3v) is 6.25. The lowest BCUT2D eigenvalue weighted by atomic mass is 9.92. The van der Waals surface area contributed by atoms with Crippen molar-refractivity contribution < 1.29 is 18.8 Å². The van der Waals surface area contributed by atoms with Gasteiger partial charge in [-0.2, -0.15) is 0 Å². The molecule has 0 unspecified atom stereocenters. The van der Waals surface area contributed by atoms with E-state index in [9.17, 15) is 18.8 Å². The number of anilines is 1. The Morgan fingerprint density at radius 1 is 0.829 bits per heavy atom. The van der Waals surface area contributed by atoms with Crippen molar-refractivity contribution in [1.29, 1.82) is 0 Å². The first kappa shape index (κ1) is 22.5. The van der Waals surface area contributed by atoms with Crippen LogP contribution in [0.2, 0.25) is 5.02 Å². The molecule has 1 aliphatic heterocycles. The lowest BCUT2D eigenvalue weighted by Crippen LogP contribution is -2.54. The number of nitrogens with one attached hydrogen (secondary N) is 1. The standard InChI is InChI=1S/C28H18ClFN2O3/c29-23-10-4-2-8-19(23)15-18-14-13-17-7-1-3-9-20(17)21(18)16-22-26(33)31-28(35)32(27(22)34)25-12-6-5-11-24(25)30/h1-14,16H,15H2,(H,31,33,35)/b22-16-. The fourth-order valence-corrected chi connectivity index (χ4v) is 4.37. The van der Waals surface area contributed by atoms with Gasteiger partial charge in [-0.1, -0.05) is 78.3 Å². The molecule has 0 aromatic heterocycles. The number of imide groups is 2. The number of carbonyl (C=O) groups is 3. The third kappa shape index (κ3) is 4.20. The normalized spacial score (nSPS) is 15.1. The molecule has 0 radical (unpaired) electrons. The van der Waals surface area contributed by atoms with E-state index in [0.717, 1.165) is 28.0 Å². The summed E-state index contributed by atoms with van der Waals surface area (Å²) in [5, 5.41) is 4.48. The Bertz CT molecular complexity index is 1550. The van der Waals surface area contributed by atoms with Gasteiger partial charge in [0, 0.05) is 5.02 Å². The van der Waals surface area contributed by atoms with E-state index in [1.807, 2.05) is 54.6 Å². The lowest BCUT2D eigenvalue weighted by molar-refractivity contribution is -0.122. The molecule has 1 aliphatic rings. The van der Waals surface area contributed by atoms with E-state index in [0.29, 0.717) is 21.9 Å². The van der Waals surface area contributed by atoms with Crippen molar-refractivity contribution in [3.8, 4) is 0 Å². The summed E-state index contributed by atoms with van der Waals surface area (Å²) < 4.78 is 14.4. The van der Waals surface area contributed by atoms with Crippen LogP contribution in [0.4, 0.5) is 14.9 Å². The molecule has 4 aromatic rings. The Hall–Kier alpha value is -4.29. The van der Waals surface area contributed by atoms with E-state index in [4.69, 9.17) is 11.6 Å². The molecule has 7 heteroatoms. The van der Waals surface area contributed by atoms with E-state index in [1.54, 1.807) is 6.07 Å². The number of hydrogen-bond acceptors (Lipinski definition) is 3. The first-order chi connectivity index (χ1) is 16.9. The van der Waals surface area contributed by atoms with Crippen LogP contribution in [0.1, 0.15) is 16.7 Å². The highest BCUT2D eigenvalue weighted by Gasteiger charge is 2.38. The molecule has 0 aliphatic carbocycles. The van der Waals surface area contributed by atoms with E-state index in [1.165, 1.54) is 24.3 Å². The van der Waals surface area contributed by atoms with Crippen LogP contribution in [-0.2, 0) is 16.0 Å². The minimum absolute atomic E-state index is 0.234. The number of para-hydroxylation sites is 1. The maximum absolute atomic E-state index is 14.4. The van der Waals surface area contributed by atoms with Crippen molar-refractivity contribution in [3.63, 3.8) is 0 Å². The summed E-state index contributed by atoms with van der Waals surface area (Å²) >= 11 is 6.39. The van der Waals surface area contributed by atoms with Gasteiger partial charge in [0.25, 0.3) is 11.8 Å². The molecule has 0 spiro atoms. The summed E-state index contributed by atoms with van der Waals surface area (Å²) in [5.41, 5.74) is 1.85. The zero-order chi connectivity index (χ0) is 24.5. The summed E-state index contributed by atoms with van der Waals surface area (Å²) in [5.74, 6) is -2.50. The average molecular weight is 485 g/mol. The zero-order valence-corrected chi connectivity index (χ0v) is 19.1. The molecule has 1 saturated heterocycles. The lowest BCUT2D eigenvalue weighted by Gasteiger charge is -2.26. The van der Waals surface area contributed by atoms with Crippen LogP contribution in [0.25, 0.3) is 16.8 Å². The van der Waals surface area contributed by atoms with Crippen molar-refractivity contribution in [2.24, 2.45) is 0 Å². The molecule has 172 valence electrons. The average Bonchev–Trinajstić information content (AvgIpc) is 2.85. The van der Waals surface area contributed by atoms with E-state index < -0.39 is 23.7 Å². The smallest absolute Gasteiger partial charge is 0.273 e. The van der Waals surface area contributed by atoms with Crippen LogP contribution in [0.15, 0.2) is 90.5 Å². The van der Waals surface area contributed by atoms with Crippen LogP contribution < -0.4 is 10.2 Å². The Morgan fingerprint density at radius 3 is 2.34 bits per heavy atom. The largest absolute Gasteiger partial charge is 0.336 e. The van der Waals surface area contributed by atoms with Gasteiger partial charge in [0.05, 0.1) is 5.69 Å². The monoisotopic (exact) mass is 484 g/mol. The molecule has 4 amide bonds. The minimum Gasteiger partial charge on any atom is -0.273 e. The van der Waals surface area contributed by atoms with Crippen molar-refractivity contribution in [2.75, 3.05) is 4.90 Å². The second-order valence-electron chi connectivity index (χ2n) is 8.04. The van der Waals surface area contributed by atoms with E-state index in [-0.39, 0.29) is 11.3 Å². The number of urea groups is 1. The molecule has 5 nitrogen and oxygen atoms in total. The number of halogens is 2. The van der Waals surface area contributed by atoms with Crippen molar-refractivity contribution in [1.82, 2.24) is 5.32 Å². The minimum atomic E-state index is -1.00. The van der Waals surface area contributed by atoms with Gasteiger partial charge in [-0.15, -0.1) is 0 Å². The molecule has 1 N–H and O–H groups in total. The third-order valence-electron chi connectivity index (χ3n) is 5.88. The number of benzene rings is 4. The molecular formula is C28H18ClFN2O3. The van der Waals surface area contributed by atoms with Crippen LogP contribution in [0.3, 0.4) is 0 Å². The molecule has 0 bridgehead atoms. The van der Waals surface area contributed by atoms with E-state index in [2.05, 4.69) is 5.32 Å². The van der Waals surface area contributed by atoms with Crippen LogP contribution in [-0.4, -0.2) is 17.8 Å². The SMILES string of the molecule is O=C1NC(=O)N(c2ccccc2F)C(=O)/C1=C\c1c(Cc2ccccc2Cl)ccc2ccccc12. The number of barbiturate groups is 1. The fraction of sp³-hybridized carbons (Fsp3) is 0.0357. The number of carbonyl (C=O) groups excluding carboxylic acids is 3. The van der Waals surface area contributed by atoms with Gasteiger partial charge >= 0.3 is 6.03 Å². The molecular weight excluding hydrogens is 467 g/mol. The van der Waals surface area contributed by atoms with Crippen molar-refractivity contribution >= 4 is 52.0 Å². The van der Waals surface area contributed by atoms with Crippen LogP contribution >= 0.6 is 11.6 Å². The first-order valence-corrected chi connectivity index (χ1v) is 11.2. The Labute approximate surface area is 205 Å². The summed E-state index contributed by atoms with van der Waals surface area (Å²) in [4.78, 5) is 39.3. The highest BCUT2D eigenvalue weighted by atomic mass is 35.5. The van der Waals surface area contributed by atoms with Crippen molar-refractivity contribution in [3.05, 3.63) is 118 Å². The Kier molecular flexibility index (Phi) is 5.89. The predicted molar refractivity (Wildman–Crippen MR) is 134 cm³/mol. The molecule has 0 atom stereocenters. The van der Waals surface area contributed by atoms with Gasteiger partial charge < -0.3 is 0 Å². The molecule has 5 rings (SSSR count). The Balaban J connectivity index is 1.67. The fourth-order valence-electron chi connectivity index (χ4n) is 4.17. The highest BCUT2D eigenvalue weighted by molar-refractivity contribution is 6.39. The number of nitrogens with zero attached hydrogens (tertiary/aromatic N) is 1. The second-order valence-corrected chi connectivity index (χ2v) is 8.44. The van der Waals surface area contributed by atoms with Gasteiger partial charge in [-0.3, -0.25) is 14.9 Å². The van der Waals surface area contributed by atoms with Gasteiger partial charge in [-0.05, 0) is 58.2 Å². The number of hydrogen-bond donors (Lipinski definition) is 1. The number of rotatable bonds is 4. The summed E-state index contributed by atoms with van der Waals surface area (Å²) in [6, 6.07) is 23.3. The van der Waals surface area contributed by atoms with Crippen LogP contribution in [0, 0.1) is 5.82 Å². The molecule has 1 heterocycles. The number of amides is 4. The molecule has 4 aromatic carbocycles. The quantitative estimate of drug-likeness (QED) is 0.290. The van der Waals surface area contributed by atoms with Crippen molar-refractivity contribution in [2.45, 2.75) is 6.42 Å². The van der Waals surface area contributed by atoms with E-state index >= 15 is 0 Å². The van der Waals surface area contributed by atoms with Gasteiger partial charge in [0.2, 0.25) is 0 Å². The van der Waals surface area contributed by atoms with Gasteiger partial charge in [-0.25, -0.2) is 14.1 Å². The van der Waals surface area contributed by atoms with Gasteiger partial charge in [0.1, 0.15) is 11.4 Å². The molecule has 0 saturated carbocycles. The Morgan fingerprint density at radius 2 is 1.54 bits per heavy atom. The molecule has 1 fully saturated rings. The predicted octanol–water partition coefficient (Wildman–Crippen LogP) is 5.89. The summed E-state index contributed by atoms with van der Waals surface area (Å²) in [6.45, 7) is 0. The maximum Gasteiger partial charge on any atom is 0.336 e. The van der Waals surface area contributed by atoms with Gasteiger partial charge in [0.15, 0.2) is 0 Å². The highest BCUT2D eigenvalue weighted by Crippen LogP contribution is 2.30. The topological polar surface area (TPSA) is 66.5 Å². The summed E-state index contributed by atoms with van der Waals surface area (Å²) in [7, 11) is 0. The summed E-state index contributed by atoms with van der Waals surface area (Å²) in [6.07, 6.45) is 1.92. The number of fused-ring (bicyclic) bond motifs is 1. The first-order valence-electron chi connectivity index (χ1n) is 10.8. The maximum atomic E-state index is 14.4. The molecule has 35 heavy (non-hydrogen) atoms. The van der Waals surface area contributed by atoms with Crippen LogP contribution in [0.5, 0.6) is 0 Å². The second kappa shape index (κ2) is 9.16.